The van der Waals surface area contributed by atoms with Crippen molar-refractivity contribution in [2.75, 3.05) is 5.32 Å². The van der Waals surface area contributed by atoms with E-state index in [9.17, 15) is 4.79 Å². The molecule has 0 radical (unpaired) electrons. The normalized spacial score (nSPS) is 11.3. The number of aromatic nitrogens is 5. The number of nitrogens with one attached hydrogen (secondary N) is 2. The van der Waals surface area contributed by atoms with Gasteiger partial charge in [0.25, 0.3) is 5.56 Å². The maximum Gasteiger partial charge on any atom is 0.258 e. The Hall–Kier alpha value is -3.22. The predicted octanol–water partition coefficient (Wildman–Crippen LogP) is 2.50. The Labute approximate surface area is 143 Å². The first-order valence-electron chi connectivity index (χ1n) is 8.08. The fourth-order valence-electron chi connectivity index (χ4n) is 2.87. The van der Waals surface area contributed by atoms with Crippen LogP contribution in [0.15, 0.2) is 35.1 Å². The summed E-state index contributed by atoms with van der Waals surface area (Å²) in [5, 5.41) is 8.43. The number of fused-ring (bicyclic) bond motifs is 2. The summed E-state index contributed by atoms with van der Waals surface area (Å²) in [7, 11) is 0. The molecule has 4 aromatic rings. The Morgan fingerprint density at radius 1 is 1.16 bits per heavy atom. The lowest BCUT2D eigenvalue weighted by Gasteiger charge is -2.09. The first-order chi connectivity index (χ1) is 12.0. The first-order valence-corrected chi connectivity index (χ1v) is 8.08. The molecule has 25 heavy (non-hydrogen) atoms. The van der Waals surface area contributed by atoms with E-state index < -0.39 is 0 Å². The predicted molar refractivity (Wildman–Crippen MR) is 96.9 cm³/mol. The molecule has 0 bridgehead atoms. The minimum atomic E-state index is -0.135. The van der Waals surface area contributed by atoms with E-state index in [1.54, 1.807) is 10.6 Å². The summed E-state index contributed by atoms with van der Waals surface area (Å²) in [6, 6.07) is 9.23. The number of rotatable bonds is 3. The highest BCUT2D eigenvalue weighted by molar-refractivity contribution is 5.77. The third kappa shape index (κ3) is 2.63. The zero-order chi connectivity index (χ0) is 17.6. The SMILES string of the molecule is Cc1cc(NCc2nc3ccccc3c(=O)[nH]2)n2nc(C)c(C)c2n1. The van der Waals surface area contributed by atoms with Crippen molar-refractivity contribution >= 4 is 22.4 Å². The Morgan fingerprint density at radius 2 is 1.96 bits per heavy atom. The van der Waals surface area contributed by atoms with E-state index in [1.807, 2.05) is 45.0 Å². The number of H-pyrrole nitrogens is 1. The van der Waals surface area contributed by atoms with Crippen molar-refractivity contribution in [3.05, 3.63) is 63.5 Å². The van der Waals surface area contributed by atoms with E-state index in [1.165, 1.54) is 0 Å². The lowest BCUT2D eigenvalue weighted by Crippen LogP contribution is -2.15. The van der Waals surface area contributed by atoms with Crippen LogP contribution in [0, 0.1) is 20.8 Å². The van der Waals surface area contributed by atoms with E-state index >= 15 is 0 Å². The molecule has 0 spiro atoms. The first kappa shape index (κ1) is 15.3. The van der Waals surface area contributed by atoms with Gasteiger partial charge in [0, 0.05) is 17.3 Å². The van der Waals surface area contributed by atoms with Crippen molar-refractivity contribution in [2.45, 2.75) is 27.3 Å². The fraction of sp³-hybridized carbons (Fsp3) is 0.222. The van der Waals surface area contributed by atoms with Gasteiger partial charge in [-0.15, -0.1) is 0 Å². The standard InChI is InChI=1S/C18H18N6O/c1-10-8-16(24-17(20-10)11(2)12(3)23-24)19-9-15-21-14-7-5-4-6-13(14)18(25)22-15/h4-8,19H,9H2,1-3H3,(H,21,22,25). The number of hydrogen-bond acceptors (Lipinski definition) is 5. The van der Waals surface area contributed by atoms with Crippen molar-refractivity contribution in [2.24, 2.45) is 0 Å². The third-order valence-electron chi connectivity index (χ3n) is 4.28. The van der Waals surface area contributed by atoms with Gasteiger partial charge in [0.2, 0.25) is 0 Å². The molecule has 0 atom stereocenters. The summed E-state index contributed by atoms with van der Waals surface area (Å²) in [6.45, 7) is 6.31. The highest BCUT2D eigenvalue weighted by Crippen LogP contribution is 2.18. The number of anilines is 1. The van der Waals surface area contributed by atoms with E-state index in [0.29, 0.717) is 23.3 Å². The van der Waals surface area contributed by atoms with Crippen molar-refractivity contribution in [1.29, 1.82) is 0 Å². The molecule has 0 aliphatic carbocycles. The Kier molecular flexibility index (Phi) is 3.49. The van der Waals surface area contributed by atoms with Gasteiger partial charge >= 0.3 is 0 Å². The van der Waals surface area contributed by atoms with Gasteiger partial charge in [-0.25, -0.2) is 9.97 Å². The number of aryl methyl sites for hydroxylation is 3. The van der Waals surface area contributed by atoms with Crippen LogP contribution in [0.4, 0.5) is 5.82 Å². The van der Waals surface area contributed by atoms with Gasteiger partial charge in [0.05, 0.1) is 23.1 Å². The molecule has 0 fully saturated rings. The molecule has 0 saturated heterocycles. The highest BCUT2D eigenvalue weighted by Gasteiger charge is 2.11. The zero-order valence-corrected chi connectivity index (χ0v) is 14.3. The summed E-state index contributed by atoms with van der Waals surface area (Å²) in [5.41, 5.74) is 4.29. The lowest BCUT2D eigenvalue weighted by atomic mass is 10.2. The number of aromatic amines is 1. The molecule has 1 aromatic carbocycles. The minimum Gasteiger partial charge on any atom is -0.363 e. The monoisotopic (exact) mass is 334 g/mol. The van der Waals surface area contributed by atoms with Crippen molar-refractivity contribution in [3.8, 4) is 0 Å². The number of para-hydroxylation sites is 1. The van der Waals surface area contributed by atoms with Crippen LogP contribution in [0.1, 0.15) is 22.8 Å². The van der Waals surface area contributed by atoms with Crippen LogP contribution >= 0.6 is 0 Å². The van der Waals surface area contributed by atoms with Gasteiger partial charge in [-0.2, -0.15) is 9.61 Å². The topological polar surface area (TPSA) is 88.0 Å². The molecular weight excluding hydrogens is 316 g/mol. The van der Waals surface area contributed by atoms with Crippen LogP contribution in [0.25, 0.3) is 16.6 Å². The summed E-state index contributed by atoms with van der Waals surface area (Å²) in [6.07, 6.45) is 0. The summed E-state index contributed by atoms with van der Waals surface area (Å²) < 4.78 is 1.79. The van der Waals surface area contributed by atoms with Crippen molar-refractivity contribution < 1.29 is 0 Å². The summed E-state index contributed by atoms with van der Waals surface area (Å²) in [5.74, 6) is 1.39. The average molecular weight is 334 g/mol. The molecular formula is C18H18N6O. The van der Waals surface area contributed by atoms with E-state index in [2.05, 4.69) is 25.4 Å². The molecule has 126 valence electrons. The number of hydrogen-bond donors (Lipinski definition) is 2. The maximum absolute atomic E-state index is 12.2. The quantitative estimate of drug-likeness (QED) is 0.601. The zero-order valence-electron chi connectivity index (χ0n) is 14.3. The average Bonchev–Trinajstić information content (AvgIpc) is 2.88. The smallest absolute Gasteiger partial charge is 0.258 e. The fourth-order valence-corrected chi connectivity index (χ4v) is 2.87. The van der Waals surface area contributed by atoms with Crippen LogP contribution in [-0.2, 0) is 6.54 Å². The van der Waals surface area contributed by atoms with Gasteiger partial charge < -0.3 is 10.3 Å². The Morgan fingerprint density at radius 3 is 2.80 bits per heavy atom. The largest absolute Gasteiger partial charge is 0.363 e. The second kappa shape index (κ2) is 5.70. The van der Waals surface area contributed by atoms with Crippen LogP contribution in [0.3, 0.4) is 0 Å². The van der Waals surface area contributed by atoms with Crippen LogP contribution in [-0.4, -0.2) is 24.6 Å². The summed E-state index contributed by atoms with van der Waals surface area (Å²) in [4.78, 5) is 24.1. The molecule has 7 heteroatoms. The molecule has 0 aliphatic rings. The van der Waals surface area contributed by atoms with E-state index in [4.69, 9.17) is 0 Å². The molecule has 2 N–H and O–H groups in total. The summed E-state index contributed by atoms with van der Waals surface area (Å²) >= 11 is 0. The van der Waals surface area contributed by atoms with E-state index in [-0.39, 0.29) is 5.56 Å². The number of benzene rings is 1. The minimum absolute atomic E-state index is 0.135. The van der Waals surface area contributed by atoms with Gasteiger partial charge in [0.1, 0.15) is 11.6 Å². The molecule has 4 rings (SSSR count). The van der Waals surface area contributed by atoms with Gasteiger partial charge in [-0.1, -0.05) is 12.1 Å². The Balaban J connectivity index is 1.71. The van der Waals surface area contributed by atoms with Crippen LogP contribution in [0.5, 0.6) is 0 Å². The van der Waals surface area contributed by atoms with E-state index in [0.717, 1.165) is 28.4 Å². The second-order valence-electron chi connectivity index (χ2n) is 6.11. The lowest BCUT2D eigenvalue weighted by molar-refractivity contribution is 0.880. The van der Waals surface area contributed by atoms with Gasteiger partial charge in [0.15, 0.2) is 5.65 Å². The van der Waals surface area contributed by atoms with Crippen LogP contribution in [0.2, 0.25) is 0 Å². The second-order valence-corrected chi connectivity index (χ2v) is 6.11. The molecule has 0 amide bonds. The third-order valence-corrected chi connectivity index (χ3v) is 4.28. The maximum atomic E-state index is 12.2. The highest BCUT2D eigenvalue weighted by atomic mass is 16.1. The Bertz CT molecular complexity index is 1160. The van der Waals surface area contributed by atoms with Crippen LogP contribution < -0.4 is 10.9 Å². The molecule has 0 unspecified atom stereocenters. The van der Waals surface area contributed by atoms with Gasteiger partial charge in [-0.3, -0.25) is 4.79 Å². The van der Waals surface area contributed by atoms with Crippen molar-refractivity contribution in [1.82, 2.24) is 24.6 Å². The van der Waals surface area contributed by atoms with Gasteiger partial charge in [-0.05, 0) is 32.9 Å². The van der Waals surface area contributed by atoms with Crippen molar-refractivity contribution in [3.63, 3.8) is 0 Å². The molecule has 0 saturated carbocycles. The number of nitrogens with zero attached hydrogens (tertiary/aromatic N) is 4. The molecule has 3 heterocycles. The molecule has 7 nitrogen and oxygen atoms in total. The molecule has 0 aliphatic heterocycles. The molecule has 3 aromatic heterocycles.